The normalized spacial score (nSPS) is 19.3. The molecule has 1 heterocycles. The molecule has 0 bridgehead atoms. The molecule has 1 amide bonds. The second kappa shape index (κ2) is 58.7. The Balaban J connectivity index is 2.62. The number of aliphatic hydroxyl groups is 5. The summed E-state index contributed by atoms with van der Waals surface area (Å²) in [6, 6.07) is -1.04. The molecule has 1 saturated heterocycles. The Hall–Kier alpha value is -3.68. The number of carbonyl (C=O) groups excluding carboxylic acids is 2. The smallest absolute Gasteiger partial charge is 0.306 e. The van der Waals surface area contributed by atoms with Gasteiger partial charge in [-0.25, -0.2) is 0 Å². The lowest BCUT2D eigenvalue weighted by molar-refractivity contribution is -0.305. The fourth-order valence-electron chi connectivity index (χ4n) is 9.80. The highest BCUT2D eigenvalue weighted by molar-refractivity contribution is 5.80. The molecule has 0 radical (unpaired) electrons. The minimum absolute atomic E-state index is 0.0429. The molecule has 0 aromatic carbocycles. The van der Waals surface area contributed by atoms with Crippen molar-refractivity contribution in [3.63, 3.8) is 0 Å². The van der Waals surface area contributed by atoms with Crippen LogP contribution in [0.2, 0.25) is 0 Å². The van der Waals surface area contributed by atoms with Gasteiger partial charge < -0.3 is 45.1 Å². The maximum atomic E-state index is 13.5. The first kappa shape index (κ1) is 77.3. The van der Waals surface area contributed by atoms with E-state index < -0.39 is 67.4 Å². The first-order valence-electron chi connectivity index (χ1n) is 33.7. The molecule has 1 aliphatic rings. The van der Waals surface area contributed by atoms with E-state index in [1.165, 1.54) is 122 Å². The van der Waals surface area contributed by atoms with Gasteiger partial charge in [-0.05, 0) is 109 Å². The van der Waals surface area contributed by atoms with E-state index in [0.29, 0.717) is 19.3 Å². The van der Waals surface area contributed by atoms with E-state index in [-0.39, 0.29) is 19.4 Å². The zero-order chi connectivity index (χ0) is 60.3. The molecular formula is C72H123NO10. The Bertz CT molecular complexity index is 1770. The molecule has 8 atom stereocenters. The minimum Gasteiger partial charge on any atom is -0.454 e. The SMILES string of the molecule is CCCCC/C=C\C/C=C\C/C=C\C/C=C\CCCCCCCCCCCCC(O)C(=O)NC(COC1OC(CO)C(O)C(O)C1OC(=O)CCC/C=C\C/C=C\C/C=C\C/C=C\CCCCC)C(O)/C=C/CCCCCCCCCCC. The third kappa shape index (κ3) is 46.2. The number of ether oxygens (including phenoxy) is 3. The van der Waals surface area contributed by atoms with Crippen molar-refractivity contribution in [2.45, 2.75) is 320 Å². The number of allylic oxidation sites excluding steroid dienone is 17. The van der Waals surface area contributed by atoms with Crippen LogP contribution >= 0.6 is 0 Å². The van der Waals surface area contributed by atoms with E-state index in [0.717, 1.165) is 96.3 Å². The number of carbonyl (C=O) groups is 2. The molecule has 0 aromatic rings. The highest BCUT2D eigenvalue weighted by atomic mass is 16.7. The number of hydrogen-bond acceptors (Lipinski definition) is 10. The summed E-state index contributed by atoms with van der Waals surface area (Å²) in [4.78, 5) is 26.6. The summed E-state index contributed by atoms with van der Waals surface area (Å²) in [5, 5.41) is 57.1. The van der Waals surface area contributed by atoms with Crippen LogP contribution in [0.3, 0.4) is 0 Å². The average molecular weight is 1160 g/mol. The van der Waals surface area contributed by atoms with Gasteiger partial charge in [0.25, 0.3) is 0 Å². The summed E-state index contributed by atoms with van der Waals surface area (Å²) in [6.07, 6.45) is 69.9. The zero-order valence-corrected chi connectivity index (χ0v) is 52.8. The highest BCUT2D eigenvalue weighted by Gasteiger charge is 2.47. The molecule has 11 nitrogen and oxygen atoms in total. The van der Waals surface area contributed by atoms with E-state index in [2.05, 4.69) is 117 Å². The molecule has 0 aliphatic carbocycles. The van der Waals surface area contributed by atoms with E-state index in [1.807, 2.05) is 12.2 Å². The van der Waals surface area contributed by atoms with Crippen molar-refractivity contribution in [2.75, 3.05) is 13.2 Å². The number of aliphatic hydroxyl groups excluding tert-OH is 5. The Morgan fingerprint density at radius 1 is 0.470 bits per heavy atom. The van der Waals surface area contributed by atoms with Crippen molar-refractivity contribution >= 4 is 11.9 Å². The van der Waals surface area contributed by atoms with Crippen LogP contribution in [0.4, 0.5) is 0 Å². The Labute approximate surface area is 507 Å². The summed E-state index contributed by atoms with van der Waals surface area (Å²) >= 11 is 0. The van der Waals surface area contributed by atoms with Gasteiger partial charge in [0.05, 0.1) is 25.4 Å². The van der Waals surface area contributed by atoms with Crippen molar-refractivity contribution in [1.82, 2.24) is 5.32 Å². The molecular weight excluding hydrogens is 1040 g/mol. The van der Waals surface area contributed by atoms with Gasteiger partial charge in [0.2, 0.25) is 5.91 Å². The number of amides is 1. The third-order valence-electron chi connectivity index (χ3n) is 15.1. The van der Waals surface area contributed by atoms with Crippen molar-refractivity contribution in [1.29, 1.82) is 0 Å². The Morgan fingerprint density at radius 2 is 0.831 bits per heavy atom. The molecule has 0 aromatic heterocycles. The Kier molecular flexibility index (Phi) is 54.7. The van der Waals surface area contributed by atoms with Crippen LogP contribution < -0.4 is 5.32 Å². The summed E-state index contributed by atoms with van der Waals surface area (Å²) in [7, 11) is 0. The van der Waals surface area contributed by atoms with Gasteiger partial charge in [-0.15, -0.1) is 0 Å². The fraction of sp³-hybridized carbons (Fsp3) is 0.722. The lowest BCUT2D eigenvalue weighted by Gasteiger charge is -2.41. The van der Waals surface area contributed by atoms with Crippen molar-refractivity contribution in [3.8, 4) is 0 Å². The van der Waals surface area contributed by atoms with Gasteiger partial charge in [0.15, 0.2) is 12.4 Å². The van der Waals surface area contributed by atoms with Crippen LogP contribution in [-0.2, 0) is 23.8 Å². The summed E-state index contributed by atoms with van der Waals surface area (Å²) in [5.74, 6) is -1.26. The lowest BCUT2D eigenvalue weighted by Crippen LogP contribution is -2.61. The summed E-state index contributed by atoms with van der Waals surface area (Å²) < 4.78 is 17.6. The molecule has 0 saturated carbocycles. The van der Waals surface area contributed by atoms with Crippen LogP contribution in [-0.4, -0.2) is 99.6 Å². The largest absolute Gasteiger partial charge is 0.454 e. The number of hydrogen-bond donors (Lipinski definition) is 6. The second-order valence-electron chi connectivity index (χ2n) is 22.8. The average Bonchev–Trinajstić information content (AvgIpc) is 3.62. The maximum absolute atomic E-state index is 13.5. The van der Waals surface area contributed by atoms with Gasteiger partial charge in [0, 0.05) is 6.42 Å². The van der Waals surface area contributed by atoms with Gasteiger partial charge >= 0.3 is 5.97 Å². The molecule has 1 rings (SSSR count). The van der Waals surface area contributed by atoms with Gasteiger partial charge in [-0.3, -0.25) is 9.59 Å². The molecule has 6 N–H and O–H groups in total. The molecule has 0 spiro atoms. The molecule has 1 fully saturated rings. The van der Waals surface area contributed by atoms with E-state index in [9.17, 15) is 35.1 Å². The van der Waals surface area contributed by atoms with Crippen molar-refractivity contribution in [3.05, 3.63) is 109 Å². The highest BCUT2D eigenvalue weighted by Crippen LogP contribution is 2.26. The van der Waals surface area contributed by atoms with Crippen LogP contribution in [0.15, 0.2) is 109 Å². The maximum Gasteiger partial charge on any atom is 0.306 e. The number of unbranched alkanes of at least 4 members (excludes halogenated alkanes) is 26. The number of rotatable bonds is 56. The molecule has 8 unspecified atom stereocenters. The molecule has 11 heteroatoms. The van der Waals surface area contributed by atoms with Crippen molar-refractivity contribution < 1.29 is 49.3 Å². The summed E-state index contributed by atoms with van der Waals surface area (Å²) in [6.45, 7) is 5.70. The van der Waals surface area contributed by atoms with Crippen molar-refractivity contribution in [2.24, 2.45) is 0 Å². The first-order valence-corrected chi connectivity index (χ1v) is 33.7. The number of nitrogens with one attached hydrogen (secondary N) is 1. The van der Waals surface area contributed by atoms with Crippen LogP contribution in [0, 0.1) is 0 Å². The zero-order valence-electron chi connectivity index (χ0n) is 52.8. The van der Waals surface area contributed by atoms with Crippen LogP contribution in [0.25, 0.3) is 0 Å². The predicted molar refractivity (Wildman–Crippen MR) is 347 cm³/mol. The fourth-order valence-corrected chi connectivity index (χ4v) is 9.80. The minimum atomic E-state index is -1.64. The van der Waals surface area contributed by atoms with E-state index in [4.69, 9.17) is 14.2 Å². The monoisotopic (exact) mass is 1160 g/mol. The first-order chi connectivity index (χ1) is 40.7. The van der Waals surface area contributed by atoms with E-state index in [1.54, 1.807) is 6.08 Å². The lowest BCUT2D eigenvalue weighted by atomic mass is 9.99. The van der Waals surface area contributed by atoms with Crippen LogP contribution in [0.1, 0.15) is 271 Å². The standard InChI is InChI=1S/C72H123NO10/c1-4-7-10-13-16-19-22-24-26-28-29-30-31-32-33-34-35-36-38-39-41-44-47-50-53-56-59-65(76)71(80)73-63(64(75)58-55-52-49-46-43-21-18-15-12-9-6-3)62-81-72-70(69(79)68(78)66(61-74)82-72)83-67(77)60-57-54-51-48-45-42-40-37-27-25-23-20-17-14-11-8-5-2/h16-17,19-20,24-27,29-30,32-33,40,42,48,51,55,58,63-66,68-70,72,74-76,78-79H,4-15,18,21-23,28,31,34-39,41,43-47,49-50,52-54,56-57,59-62H2,1-3H3,(H,73,80)/b19-16-,20-17-,26-24-,27-25-,30-29-,33-32-,42-40-,51-48-,58-55+. The molecule has 476 valence electrons. The molecule has 1 aliphatic heterocycles. The van der Waals surface area contributed by atoms with Gasteiger partial charge in [0.1, 0.15) is 24.4 Å². The summed E-state index contributed by atoms with van der Waals surface area (Å²) in [5.41, 5.74) is 0. The third-order valence-corrected chi connectivity index (χ3v) is 15.1. The topological polar surface area (TPSA) is 175 Å². The molecule has 83 heavy (non-hydrogen) atoms. The predicted octanol–water partition coefficient (Wildman–Crippen LogP) is 16.8. The van der Waals surface area contributed by atoms with Gasteiger partial charge in [-0.1, -0.05) is 265 Å². The van der Waals surface area contributed by atoms with Crippen LogP contribution in [0.5, 0.6) is 0 Å². The Morgan fingerprint density at radius 3 is 1.27 bits per heavy atom. The number of esters is 1. The quantitative estimate of drug-likeness (QED) is 0.0195. The van der Waals surface area contributed by atoms with E-state index >= 15 is 0 Å². The van der Waals surface area contributed by atoms with Gasteiger partial charge in [-0.2, -0.15) is 0 Å². The second-order valence-corrected chi connectivity index (χ2v) is 22.8.